The van der Waals surface area contributed by atoms with E-state index in [0.717, 1.165) is 27.0 Å². The van der Waals surface area contributed by atoms with Gasteiger partial charge >= 0.3 is 0 Å². The maximum atomic E-state index is 11.9. The van der Waals surface area contributed by atoms with Gasteiger partial charge in [-0.2, -0.15) is 5.10 Å². The highest BCUT2D eigenvalue weighted by atomic mass is 32.1. The fourth-order valence-corrected chi connectivity index (χ4v) is 4.00. The zero-order chi connectivity index (χ0) is 21.1. The van der Waals surface area contributed by atoms with Gasteiger partial charge in [0, 0.05) is 38.3 Å². The van der Waals surface area contributed by atoms with E-state index < -0.39 is 0 Å². The van der Waals surface area contributed by atoms with E-state index in [0.29, 0.717) is 18.2 Å². The molecule has 0 saturated heterocycles. The van der Waals surface area contributed by atoms with E-state index in [1.807, 2.05) is 18.2 Å². The van der Waals surface area contributed by atoms with Crippen molar-refractivity contribution in [1.82, 2.24) is 24.6 Å². The molecule has 1 N–H and O–H groups in total. The van der Waals surface area contributed by atoms with Crippen LogP contribution in [0.5, 0.6) is 0 Å². The Kier molecular flexibility index (Phi) is 5.73. The van der Waals surface area contributed by atoms with Crippen molar-refractivity contribution in [1.29, 1.82) is 0 Å². The topological polar surface area (TPSA) is 85.2 Å². The number of aromatic nitrogens is 4. The van der Waals surface area contributed by atoms with Crippen LogP contribution in [0, 0.1) is 0 Å². The number of thiophene rings is 1. The van der Waals surface area contributed by atoms with Gasteiger partial charge in [0.15, 0.2) is 5.82 Å². The van der Waals surface area contributed by atoms with Crippen LogP contribution < -0.4 is 5.32 Å². The van der Waals surface area contributed by atoms with Crippen molar-refractivity contribution in [3.8, 4) is 11.1 Å². The van der Waals surface area contributed by atoms with Crippen molar-refractivity contribution in [2.75, 3.05) is 26.5 Å². The monoisotopic (exact) mass is 422 g/mol. The van der Waals surface area contributed by atoms with Gasteiger partial charge < -0.3 is 15.0 Å². The van der Waals surface area contributed by atoms with Crippen LogP contribution in [0.4, 0.5) is 11.5 Å². The van der Waals surface area contributed by atoms with E-state index >= 15 is 0 Å². The van der Waals surface area contributed by atoms with Crippen LogP contribution in [0.1, 0.15) is 5.82 Å². The molecule has 0 saturated carbocycles. The van der Waals surface area contributed by atoms with E-state index in [9.17, 15) is 4.79 Å². The molecule has 0 aliphatic heterocycles. The Bertz CT molecular complexity index is 1170. The fraction of sp³-hybridized carbons (Fsp3) is 0.238. The largest absolute Gasteiger partial charge is 0.377 e. The summed E-state index contributed by atoms with van der Waals surface area (Å²) >= 11 is 1.57. The van der Waals surface area contributed by atoms with Crippen LogP contribution >= 0.6 is 11.3 Å². The summed E-state index contributed by atoms with van der Waals surface area (Å²) in [5.74, 6) is 1.26. The molecule has 8 nitrogen and oxygen atoms in total. The second-order valence-corrected chi connectivity index (χ2v) is 7.81. The Hall–Kier alpha value is -3.30. The van der Waals surface area contributed by atoms with Gasteiger partial charge in [-0.05, 0) is 5.56 Å². The summed E-state index contributed by atoms with van der Waals surface area (Å²) in [6.07, 6.45) is 3.47. The van der Waals surface area contributed by atoms with Crippen LogP contribution in [-0.2, 0) is 22.7 Å². The van der Waals surface area contributed by atoms with Crippen molar-refractivity contribution in [2.24, 2.45) is 0 Å². The Labute approximate surface area is 178 Å². The third-order valence-electron chi connectivity index (χ3n) is 4.53. The lowest BCUT2D eigenvalue weighted by Gasteiger charge is -2.10. The number of rotatable bonds is 7. The maximum absolute atomic E-state index is 11.9. The van der Waals surface area contributed by atoms with Gasteiger partial charge in [-0.3, -0.25) is 9.48 Å². The first-order valence-electron chi connectivity index (χ1n) is 9.37. The van der Waals surface area contributed by atoms with Crippen molar-refractivity contribution in [3.63, 3.8) is 0 Å². The summed E-state index contributed by atoms with van der Waals surface area (Å²) in [5.41, 5.74) is 2.91. The molecule has 0 aliphatic rings. The number of carbonyl (C=O) groups is 1. The SMILES string of the molecule is COCc1nc(Nc2cnn(CC(=O)N(C)C)c2)c2c(-c3ccccc3)csc2n1. The second-order valence-electron chi connectivity index (χ2n) is 6.96. The van der Waals surface area contributed by atoms with E-state index in [4.69, 9.17) is 4.74 Å². The van der Waals surface area contributed by atoms with Gasteiger partial charge in [0.1, 0.15) is 23.8 Å². The number of likely N-dealkylation sites (N-methyl/N-ethyl adjacent to an activating group) is 1. The lowest BCUT2D eigenvalue weighted by molar-refractivity contribution is -0.129. The van der Waals surface area contributed by atoms with Crippen molar-refractivity contribution in [3.05, 3.63) is 53.9 Å². The summed E-state index contributed by atoms with van der Waals surface area (Å²) in [6.45, 7) is 0.496. The molecule has 0 spiro atoms. The smallest absolute Gasteiger partial charge is 0.243 e. The summed E-state index contributed by atoms with van der Waals surface area (Å²) < 4.78 is 6.84. The molecule has 3 aromatic heterocycles. The number of methoxy groups -OCH3 is 1. The number of hydrogen-bond acceptors (Lipinski definition) is 7. The van der Waals surface area contributed by atoms with Crippen molar-refractivity contribution < 1.29 is 9.53 Å². The number of ether oxygens (including phenoxy) is 1. The van der Waals surface area contributed by atoms with E-state index in [1.54, 1.807) is 49.6 Å². The highest BCUT2D eigenvalue weighted by molar-refractivity contribution is 7.17. The first-order chi connectivity index (χ1) is 14.5. The molecule has 4 aromatic rings. The summed E-state index contributed by atoms with van der Waals surface area (Å²) in [7, 11) is 5.07. The molecule has 154 valence electrons. The van der Waals surface area contributed by atoms with Gasteiger partial charge in [-0.1, -0.05) is 30.3 Å². The molecule has 0 radical (unpaired) electrons. The standard InChI is InChI=1S/C21H22N6O2S/c1-26(2)18(28)11-27-10-15(9-22-27)23-20-19-16(14-7-5-4-6-8-14)13-30-21(19)25-17(24-20)12-29-3/h4-10,13H,11-12H2,1-3H3,(H,23,24,25). The Morgan fingerprint density at radius 1 is 1.23 bits per heavy atom. The highest BCUT2D eigenvalue weighted by Gasteiger charge is 2.16. The predicted molar refractivity (Wildman–Crippen MR) is 118 cm³/mol. The Morgan fingerprint density at radius 3 is 2.77 bits per heavy atom. The average Bonchev–Trinajstić information content (AvgIpc) is 3.36. The fourth-order valence-electron chi connectivity index (χ4n) is 3.03. The highest BCUT2D eigenvalue weighted by Crippen LogP contribution is 2.37. The van der Waals surface area contributed by atoms with Gasteiger partial charge in [0.25, 0.3) is 0 Å². The normalized spacial score (nSPS) is 11.0. The van der Waals surface area contributed by atoms with E-state index in [2.05, 4.69) is 37.9 Å². The molecule has 30 heavy (non-hydrogen) atoms. The molecule has 9 heteroatoms. The molecule has 4 rings (SSSR count). The molecule has 1 aromatic carbocycles. The average molecular weight is 423 g/mol. The number of amides is 1. The van der Waals surface area contributed by atoms with E-state index in [-0.39, 0.29) is 12.5 Å². The number of hydrogen-bond donors (Lipinski definition) is 1. The molecule has 0 unspecified atom stereocenters. The number of benzene rings is 1. The van der Waals surface area contributed by atoms with Crippen LogP contribution in [-0.4, -0.2) is 51.8 Å². The zero-order valence-electron chi connectivity index (χ0n) is 17.0. The molecule has 1 amide bonds. The molecule has 0 bridgehead atoms. The second kappa shape index (κ2) is 8.60. The minimum Gasteiger partial charge on any atom is -0.377 e. The molecular weight excluding hydrogens is 400 g/mol. The van der Waals surface area contributed by atoms with Gasteiger partial charge in [-0.15, -0.1) is 11.3 Å². The van der Waals surface area contributed by atoms with Crippen LogP contribution in [0.2, 0.25) is 0 Å². The summed E-state index contributed by atoms with van der Waals surface area (Å²) in [5, 5.41) is 10.7. The number of fused-ring (bicyclic) bond motifs is 1. The molecule has 0 fully saturated rings. The third kappa shape index (κ3) is 4.17. The lowest BCUT2D eigenvalue weighted by Crippen LogP contribution is -2.26. The minimum atomic E-state index is -0.0272. The lowest BCUT2D eigenvalue weighted by atomic mass is 10.1. The first kappa shape index (κ1) is 20.0. The molecule has 3 heterocycles. The number of carbonyl (C=O) groups excluding carboxylic acids is 1. The summed E-state index contributed by atoms with van der Waals surface area (Å²) in [6, 6.07) is 10.2. The van der Waals surface area contributed by atoms with Crippen molar-refractivity contribution in [2.45, 2.75) is 13.2 Å². The van der Waals surface area contributed by atoms with Gasteiger partial charge in [-0.25, -0.2) is 9.97 Å². The number of nitrogens with zero attached hydrogens (tertiary/aromatic N) is 5. The minimum absolute atomic E-state index is 0.0272. The quantitative estimate of drug-likeness (QED) is 0.490. The molecular formula is C21H22N6O2S. The first-order valence-corrected chi connectivity index (χ1v) is 10.2. The molecule has 0 aliphatic carbocycles. The van der Waals surface area contributed by atoms with E-state index in [1.165, 1.54) is 4.90 Å². The van der Waals surface area contributed by atoms with Crippen LogP contribution in [0.25, 0.3) is 21.3 Å². The van der Waals surface area contributed by atoms with Crippen LogP contribution in [0.15, 0.2) is 48.1 Å². The summed E-state index contributed by atoms with van der Waals surface area (Å²) in [4.78, 5) is 23.7. The number of anilines is 2. The van der Waals surface area contributed by atoms with Gasteiger partial charge in [0.05, 0.1) is 17.3 Å². The zero-order valence-corrected chi connectivity index (χ0v) is 17.8. The van der Waals surface area contributed by atoms with Gasteiger partial charge in [0.2, 0.25) is 5.91 Å². The third-order valence-corrected chi connectivity index (χ3v) is 5.40. The Balaban J connectivity index is 1.72. The maximum Gasteiger partial charge on any atom is 0.243 e. The van der Waals surface area contributed by atoms with Crippen LogP contribution in [0.3, 0.4) is 0 Å². The Morgan fingerprint density at radius 2 is 2.03 bits per heavy atom. The molecule has 0 atom stereocenters. The predicted octanol–water partition coefficient (Wildman–Crippen LogP) is 3.53. The van der Waals surface area contributed by atoms with Crippen molar-refractivity contribution >= 4 is 39.0 Å². The number of nitrogens with one attached hydrogen (secondary N) is 1.